The van der Waals surface area contributed by atoms with Crippen molar-refractivity contribution >= 4 is 33.0 Å². The topological polar surface area (TPSA) is 43.1 Å². The third-order valence-corrected chi connectivity index (χ3v) is 2.34. The van der Waals surface area contributed by atoms with Crippen molar-refractivity contribution in [1.82, 2.24) is 19.6 Å². The fourth-order valence-corrected chi connectivity index (χ4v) is 1.93. The minimum Gasteiger partial charge on any atom is -0.224 e. The van der Waals surface area contributed by atoms with E-state index in [9.17, 15) is 0 Å². The molecule has 2 aromatic rings. The molecule has 0 aliphatic rings. The van der Waals surface area contributed by atoms with E-state index in [0.29, 0.717) is 15.3 Å². The zero-order valence-corrected chi connectivity index (χ0v) is 8.46. The van der Waals surface area contributed by atoms with Gasteiger partial charge in [-0.15, -0.1) is 0 Å². The smallest absolute Gasteiger partial charge is 0.159 e. The van der Waals surface area contributed by atoms with Crippen LogP contribution in [-0.2, 0) is 0 Å². The highest BCUT2D eigenvalue weighted by molar-refractivity contribution is 9.10. The summed E-state index contributed by atoms with van der Waals surface area (Å²) in [6.45, 7) is 1.85. The number of rotatable bonds is 0. The first-order valence-corrected chi connectivity index (χ1v) is 4.38. The fourth-order valence-electron chi connectivity index (χ4n) is 0.995. The van der Waals surface area contributed by atoms with Gasteiger partial charge in [-0.1, -0.05) is 11.6 Å². The Labute approximate surface area is 81.7 Å². The number of fused-ring (bicyclic) bond motifs is 1. The molecule has 12 heavy (non-hydrogen) atoms. The molecule has 0 fully saturated rings. The summed E-state index contributed by atoms with van der Waals surface area (Å²) in [4.78, 5) is 7.99. The predicted molar refractivity (Wildman–Crippen MR) is 48.2 cm³/mol. The van der Waals surface area contributed by atoms with Crippen LogP contribution in [0.5, 0.6) is 0 Å². The summed E-state index contributed by atoms with van der Waals surface area (Å²) in [5, 5.41) is 4.39. The highest BCUT2D eigenvalue weighted by Crippen LogP contribution is 2.22. The van der Waals surface area contributed by atoms with E-state index >= 15 is 0 Å². The second-order valence-corrected chi connectivity index (χ2v) is 3.37. The van der Waals surface area contributed by atoms with E-state index in [2.05, 4.69) is 31.0 Å². The molecule has 62 valence electrons. The SMILES string of the molecule is Cc1nc(Br)c2c(Cl)ncnn12. The molecule has 2 rings (SSSR count). The van der Waals surface area contributed by atoms with Crippen molar-refractivity contribution in [3.63, 3.8) is 0 Å². The first kappa shape index (κ1) is 7.94. The van der Waals surface area contributed by atoms with Crippen LogP contribution in [-0.4, -0.2) is 19.6 Å². The lowest BCUT2D eigenvalue weighted by Gasteiger charge is -1.94. The Morgan fingerprint density at radius 2 is 2.33 bits per heavy atom. The van der Waals surface area contributed by atoms with Crippen LogP contribution in [0.4, 0.5) is 0 Å². The molecule has 4 nitrogen and oxygen atoms in total. The lowest BCUT2D eigenvalue weighted by molar-refractivity contribution is 0.852. The maximum atomic E-state index is 5.83. The van der Waals surface area contributed by atoms with Gasteiger partial charge in [0.05, 0.1) is 0 Å². The summed E-state index contributed by atoms with van der Waals surface area (Å²) in [5.41, 5.74) is 0.705. The Kier molecular flexibility index (Phi) is 1.77. The third kappa shape index (κ3) is 1.01. The molecule has 0 aliphatic heterocycles. The lowest BCUT2D eigenvalue weighted by atomic mass is 10.6. The van der Waals surface area contributed by atoms with E-state index in [1.165, 1.54) is 6.33 Å². The van der Waals surface area contributed by atoms with Gasteiger partial charge >= 0.3 is 0 Å². The zero-order chi connectivity index (χ0) is 8.72. The van der Waals surface area contributed by atoms with Crippen LogP contribution in [0.1, 0.15) is 5.82 Å². The average molecular weight is 247 g/mol. The second kappa shape index (κ2) is 2.67. The van der Waals surface area contributed by atoms with E-state index in [1.807, 2.05) is 6.92 Å². The molecule has 0 atom stereocenters. The van der Waals surface area contributed by atoms with Gasteiger partial charge in [-0.25, -0.2) is 14.5 Å². The van der Waals surface area contributed by atoms with Crippen LogP contribution in [0.2, 0.25) is 5.15 Å². The number of aromatic nitrogens is 4. The van der Waals surface area contributed by atoms with E-state index in [4.69, 9.17) is 11.6 Å². The first-order valence-electron chi connectivity index (χ1n) is 3.21. The van der Waals surface area contributed by atoms with E-state index in [0.717, 1.165) is 5.82 Å². The molecule has 0 saturated carbocycles. The summed E-state index contributed by atoms with van der Waals surface area (Å²) in [7, 11) is 0. The summed E-state index contributed by atoms with van der Waals surface area (Å²) in [6, 6.07) is 0. The van der Waals surface area contributed by atoms with Crippen LogP contribution < -0.4 is 0 Å². The average Bonchev–Trinajstić information content (AvgIpc) is 2.29. The van der Waals surface area contributed by atoms with E-state index in [1.54, 1.807) is 4.52 Å². The molecule has 2 heterocycles. The van der Waals surface area contributed by atoms with Crippen molar-refractivity contribution in [1.29, 1.82) is 0 Å². The van der Waals surface area contributed by atoms with Crippen LogP contribution in [0.3, 0.4) is 0 Å². The molecule has 0 N–H and O–H groups in total. The Bertz CT molecular complexity index is 438. The molecule has 6 heteroatoms. The maximum Gasteiger partial charge on any atom is 0.159 e. The van der Waals surface area contributed by atoms with Crippen LogP contribution >= 0.6 is 27.5 Å². The molecule has 0 aromatic carbocycles. The quantitative estimate of drug-likeness (QED) is 0.713. The lowest BCUT2D eigenvalue weighted by Crippen LogP contribution is -1.94. The molecular formula is C6H4BrClN4. The molecule has 0 saturated heterocycles. The molecule has 0 amide bonds. The minimum absolute atomic E-state index is 0.400. The number of nitrogens with zero attached hydrogens (tertiary/aromatic N) is 4. The van der Waals surface area contributed by atoms with Gasteiger partial charge in [0, 0.05) is 0 Å². The van der Waals surface area contributed by atoms with Crippen molar-refractivity contribution in [3.8, 4) is 0 Å². The molecule has 0 spiro atoms. The molecule has 2 aromatic heterocycles. The fraction of sp³-hybridized carbons (Fsp3) is 0.167. The van der Waals surface area contributed by atoms with Gasteiger partial charge in [-0.2, -0.15) is 5.10 Å². The Morgan fingerprint density at radius 3 is 3.00 bits per heavy atom. The summed E-state index contributed by atoms with van der Waals surface area (Å²) in [5.74, 6) is 0.779. The molecule has 0 bridgehead atoms. The minimum atomic E-state index is 0.400. The predicted octanol–water partition coefficient (Wildman–Crippen LogP) is 1.85. The molecule has 0 radical (unpaired) electrons. The summed E-state index contributed by atoms with van der Waals surface area (Å²) < 4.78 is 2.31. The van der Waals surface area contributed by atoms with Gasteiger partial charge in [-0.05, 0) is 22.9 Å². The zero-order valence-electron chi connectivity index (χ0n) is 6.12. The van der Waals surface area contributed by atoms with Crippen LogP contribution in [0.25, 0.3) is 5.52 Å². The Balaban J connectivity index is 2.99. The largest absolute Gasteiger partial charge is 0.224 e. The number of hydrogen-bond acceptors (Lipinski definition) is 3. The Hall–Kier alpha value is -0.680. The van der Waals surface area contributed by atoms with Crippen molar-refractivity contribution in [2.75, 3.05) is 0 Å². The van der Waals surface area contributed by atoms with Crippen LogP contribution in [0.15, 0.2) is 10.9 Å². The van der Waals surface area contributed by atoms with E-state index < -0.39 is 0 Å². The highest BCUT2D eigenvalue weighted by Gasteiger charge is 2.09. The number of hydrogen-bond donors (Lipinski definition) is 0. The van der Waals surface area contributed by atoms with Crippen LogP contribution in [0, 0.1) is 6.92 Å². The van der Waals surface area contributed by atoms with Crippen molar-refractivity contribution in [3.05, 3.63) is 21.9 Å². The van der Waals surface area contributed by atoms with Crippen molar-refractivity contribution in [2.24, 2.45) is 0 Å². The van der Waals surface area contributed by atoms with Crippen molar-refractivity contribution in [2.45, 2.75) is 6.92 Å². The summed E-state index contributed by atoms with van der Waals surface area (Å²) in [6.07, 6.45) is 1.40. The third-order valence-electron chi connectivity index (χ3n) is 1.51. The second-order valence-electron chi connectivity index (χ2n) is 2.26. The van der Waals surface area contributed by atoms with Gasteiger partial charge in [0.25, 0.3) is 0 Å². The number of halogens is 2. The van der Waals surface area contributed by atoms with Gasteiger partial charge in [0.1, 0.15) is 22.3 Å². The van der Waals surface area contributed by atoms with E-state index in [-0.39, 0.29) is 0 Å². The van der Waals surface area contributed by atoms with Gasteiger partial charge < -0.3 is 0 Å². The molecule has 0 aliphatic carbocycles. The maximum absolute atomic E-state index is 5.83. The van der Waals surface area contributed by atoms with Gasteiger partial charge in [0.15, 0.2) is 5.15 Å². The monoisotopic (exact) mass is 246 g/mol. The van der Waals surface area contributed by atoms with Gasteiger partial charge in [-0.3, -0.25) is 0 Å². The number of imidazole rings is 1. The van der Waals surface area contributed by atoms with Gasteiger partial charge in [0.2, 0.25) is 0 Å². The first-order chi connectivity index (χ1) is 5.70. The normalized spacial score (nSPS) is 10.9. The highest BCUT2D eigenvalue weighted by atomic mass is 79.9. The Morgan fingerprint density at radius 1 is 1.58 bits per heavy atom. The standard InChI is InChI=1S/C6H4BrClN4/c1-3-11-5(7)4-6(8)9-2-10-12(3)4/h2H,1H3. The molecular weight excluding hydrogens is 243 g/mol. The summed E-state index contributed by atoms with van der Waals surface area (Å²) >= 11 is 9.11. The van der Waals surface area contributed by atoms with Crippen molar-refractivity contribution < 1.29 is 0 Å². The number of aryl methyl sites for hydroxylation is 1. The molecule has 0 unspecified atom stereocenters.